The van der Waals surface area contributed by atoms with E-state index in [9.17, 15) is 0 Å². The number of nitrogens with zero attached hydrogens (tertiary/aromatic N) is 2. The van der Waals surface area contributed by atoms with Gasteiger partial charge in [-0.3, -0.25) is 0 Å². The largest absolute Gasteiger partial charge is 0.455 e. The summed E-state index contributed by atoms with van der Waals surface area (Å²) in [4.78, 5) is 2.45. The van der Waals surface area contributed by atoms with Gasteiger partial charge in [-0.15, -0.1) is 0 Å². The Hall–Kier alpha value is -7.88. The normalized spacial score (nSPS) is 11.7. The molecule has 0 radical (unpaired) electrons. The van der Waals surface area contributed by atoms with Crippen molar-refractivity contribution in [2.24, 2.45) is 0 Å². The summed E-state index contributed by atoms with van der Waals surface area (Å²) in [7, 11) is 0. The average Bonchev–Trinajstić information content (AvgIpc) is 3.87. The number of rotatable bonds is 6. The Balaban J connectivity index is 1.16. The summed E-state index contributed by atoms with van der Waals surface area (Å²) in [5.74, 6) is 0. The van der Waals surface area contributed by atoms with Gasteiger partial charge in [-0.1, -0.05) is 158 Å². The van der Waals surface area contributed by atoms with Gasteiger partial charge >= 0.3 is 0 Å². The van der Waals surface area contributed by atoms with Crippen molar-refractivity contribution in [3.8, 4) is 27.9 Å². The topological polar surface area (TPSA) is 21.3 Å². The maximum atomic E-state index is 6.96. The van der Waals surface area contributed by atoms with Gasteiger partial charge in [0.05, 0.1) is 27.8 Å². The molecule has 2 heterocycles. The highest BCUT2D eigenvalue weighted by Gasteiger charge is 2.26. The number of anilines is 3. The van der Waals surface area contributed by atoms with Crippen LogP contribution in [0.2, 0.25) is 0 Å². The molecular formula is C56H36N2O. The number of furan rings is 1. The molecule has 0 aliphatic heterocycles. The zero-order valence-corrected chi connectivity index (χ0v) is 32.1. The van der Waals surface area contributed by atoms with Crippen LogP contribution >= 0.6 is 0 Å². The van der Waals surface area contributed by atoms with E-state index in [0.717, 1.165) is 66.8 Å². The van der Waals surface area contributed by atoms with Crippen molar-refractivity contribution in [3.05, 3.63) is 218 Å². The fourth-order valence-corrected chi connectivity index (χ4v) is 9.39. The standard InChI is InChI=1S/C56H36N2O/c1-2-19-40(20-3-1)57-49-27-10-8-23-47(49)54-50(57)28-14-29-51(54)58(41-33-31-39(32-34-41)43-25-12-17-37-15-4-6-21-42(37)43)52-36-35-46(45-26-13-18-38-16-5-7-22-44(38)45)56-55(52)48-24-9-11-30-53(48)59-56/h1-36H. The number of para-hydroxylation sites is 3. The van der Waals surface area contributed by atoms with Crippen molar-refractivity contribution in [2.45, 2.75) is 0 Å². The van der Waals surface area contributed by atoms with Crippen LogP contribution in [0.15, 0.2) is 223 Å². The third kappa shape index (κ3) is 5.22. The molecule has 0 unspecified atom stereocenters. The van der Waals surface area contributed by atoms with Gasteiger partial charge in [-0.05, 0) is 98.9 Å². The Morgan fingerprint density at radius 2 is 0.932 bits per heavy atom. The minimum atomic E-state index is 0.863. The van der Waals surface area contributed by atoms with E-state index in [-0.39, 0.29) is 0 Å². The van der Waals surface area contributed by atoms with Crippen LogP contribution in [0, 0.1) is 0 Å². The first-order chi connectivity index (χ1) is 29.3. The summed E-state index contributed by atoms with van der Waals surface area (Å²) in [5, 5.41) is 9.41. The monoisotopic (exact) mass is 752 g/mol. The Morgan fingerprint density at radius 3 is 1.71 bits per heavy atom. The molecule has 0 amide bonds. The van der Waals surface area contributed by atoms with Crippen LogP contribution in [-0.2, 0) is 0 Å². The Kier molecular flexibility index (Phi) is 7.54. The van der Waals surface area contributed by atoms with E-state index in [1.807, 2.05) is 0 Å². The van der Waals surface area contributed by atoms with Crippen molar-refractivity contribution in [1.82, 2.24) is 4.57 Å². The third-order valence-electron chi connectivity index (χ3n) is 12.0. The quantitative estimate of drug-likeness (QED) is 0.169. The van der Waals surface area contributed by atoms with Gasteiger partial charge < -0.3 is 13.9 Å². The predicted octanol–water partition coefficient (Wildman–Crippen LogP) is 15.8. The zero-order chi connectivity index (χ0) is 38.9. The van der Waals surface area contributed by atoms with Crippen LogP contribution in [0.3, 0.4) is 0 Å². The van der Waals surface area contributed by atoms with Crippen LogP contribution in [0.1, 0.15) is 0 Å². The molecule has 3 heteroatoms. The van der Waals surface area contributed by atoms with Crippen molar-refractivity contribution >= 4 is 82.4 Å². The molecule has 0 saturated carbocycles. The van der Waals surface area contributed by atoms with E-state index in [2.05, 4.69) is 228 Å². The van der Waals surface area contributed by atoms with E-state index in [0.29, 0.717) is 0 Å². The fraction of sp³-hybridized carbons (Fsp3) is 0. The van der Waals surface area contributed by atoms with E-state index < -0.39 is 0 Å². The number of benzene rings is 10. The minimum Gasteiger partial charge on any atom is -0.455 e. The van der Waals surface area contributed by atoms with Gasteiger partial charge in [-0.25, -0.2) is 0 Å². The highest BCUT2D eigenvalue weighted by atomic mass is 16.3. The summed E-state index contributed by atoms with van der Waals surface area (Å²) in [5.41, 5.74) is 13.0. The molecule has 12 aromatic rings. The third-order valence-corrected chi connectivity index (χ3v) is 12.0. The molecule has 0 atom stereocenters. The van der Waals surface area contributed by atoms with E-state index in [1.54, 1.807) is 0 Å². The van der Waals surface area contributed by atoms with Gasteiger partial charge in [0, 0.05) is 33.1 Å². The maximum absolute atomic E-state index is 6.96. The lowest BCUT2D eigenvalue weighted by molar-refractivity contribution is 0.670. The number of hydrogen-bond donors (Lipinski definition) is 0. The van der Waals surface area contributed by atoms with Crippen LogP contribution in [0.25, 0.3) is 93.2 Å². The first-order valence-electron chi connectivity index (χ1n) is 20.2. The van der Waals surface area contributed by atoms with Gasteiger partial charge in [0.15, 0.2) is 0 Å². The van der Waals surface area contributed by atoms with E-state index in [4.69, 9.17) is 4.42 Å². The first-order valence-corrected chi connectivity index (χ1v) is 20.2. The fourth-order valence-electron chi connectivity index (χ4n) is 9.39. The summed E-state index contributed by atoms with van der Waals surface area (Å²) >= 11 is 0. The molecule has 3 nitrogen and oxygen atoms in total. The highest BCUT2D eigenvalue weighted by molar-refractivity contribution is 6.21. The van der Waals surface area contributed by atoms with Crippen molar-refractivity contribution in [3.63, 3.8) is 0 Å². The Labute approximate surface area is 341 Å². The van der Waals surface area contributed by atoms with Gasteiger partial charge in [0.2, 0.25) is 0 Å². The molecule has 59 heavy (non-hydrogen) atoms. The van der Waals surface area contributed by atoms with Crippen molar-refractivity contribution < 1.29 is 4.42 Å². The smallest absolute Gasteiger partial charge is 0.145 e. The summed E-state index contributed by atoms with van der Waals surface area (Å²) in [6, 6.07) is 78.6. The van der Waals surface area contributed by atoms with Crippen molar-refractivity contribution in [2.75, 3.05) is 4.90 Å². The van der Waals surface area contributed by atoms with Gasteiger partial charge in [0.25, 0.3) is 0 Å². The molecule has 2 aromatic heterocycles. The number of fused-ring (bicyclic) bond motifs is 8. The van der Waals surface area contributed by atoms with Crippen molar-refractivity contribution in [1.29, 1.82) is 0 Å². The second-order valence-corrected chi connectivity index (χ2v) is 15.2. The second kappa shape index (κ2) is 13.4. The van der Waals surface area contributed by atoms with Crippen LogP contribution in [0.4, 0.5) is 17.1 Å². The van der Waals surface area contributed by atoms with E-state index in [1.165, 1.54) is 43.4 Å². The lowest BCUT2D eigenvalue weighted by atomic mass is 9.95. The Bertz CT molecular complexity index is 3550. The molecule has 0 N–H and O–H groups in total. The predicted molar refractivity (Wildman–Crippen MR) is 249 cm³/mol. The molecule has 10 aromatic carbocycles. The molecule has 0 aliphatic rings. The molecule has 0 fully saturated rings. The second-order valence-electron chi connectivity index (χ2n) is 15.2. The lowest BCUT2D eigenvalue weighted by Crippen LogP contribution is -2.11. The zero-order valence-electron chi connectivity index (χ0n) is 32.1. The maximum Gasteiger partial charge on any atom is 0.145 e. The Morgan fingerprint density at radius 1 is 0.356 bits per heavy atom. The van der Waals surface area contributed by atoms with Gasteiger partial charge in [0.1, 0.15) is 11.2 Å². The summed E-state index contributed by atoms with van der Waals surface area (Å²) in [6.07, 6.45) is 0. The van der Waals surface area contributed by atoms with Crippen LogP contribution in [-0.4, -0.2) is 4.57 Å². The number of hydrogen-bond acceptors (Lipinski definition) is 2. The lowest BCUT2D eigenvalue weighted by Gasteiger charge is -2.28. The molecule has 0 spiro atoms. The van der Waals surface area contributed by atoms with Crippen LogP contribution < -0.4 is 4.90 Å². The molecule has 0 bridgehead atoms. The average molecular weight is 753 g/mol. The summed E-state index contributed by atoms with van der Waals surface area (Å²) < 4.78 is 9.35. The highest BCUT2D eigenvalue weighted by Crippen LogP contribution is 2.50. The molecule has 12 rings (SSSR count). The van der Waals surface area contributed by atoms with Crippen LogP contribution in [0.5, 0.6) is 0 Å². The first kappa shape index (κ1) is 33.3. The molecule has 0 aliphatic carbocycles. The SMILES string of the molecule is c1ccc(-n2c3ccccc3c3c(N(c4ccc(-c5cccc6ccccc56)cc4)c4ccc(-c5cccc6ccccc56)c5oc6ccccc6c45)cccc32)cc1. The minimum absolute atomic E-state index is 0.863. The molecule has 0 saturated heterocycles. The number of aromatic nitrogens is 1. The summed E-state index contributed by atoms with van der Waals surface area (Å²) in [6.45, 7) is 0. The molecule has 276 valence electrons. The van der Waals surface area contributed by atoms with Gasteiger partial charge in [-0.2, -0.15) is 0 Å². The molecular weight excluding hydrogens is 717 g/mol. The van der Waals surface area contributed by atoms with E-state index >= 15 is 0 Å².